The normalized spacial score (nSPS) is 17.5. The number of allylic oxidation sites excluding steroid dienone is 3. The van der Waals surface area contributed by atoms with Crippen molar-refractivity contribution < 1.29 is 4.79 Å². The van der Waals surface area contributed by atoms with Gasteiger partial charge < -0.3 is 0 Å². The maximum atomic E-state index is 11.9. The van der Waals surface area contributed by atoms with Gasteiger partial charge in [0, 0.05) is 5.41 Å². The van der Waals surface area contributed by atoms with Crippen LogP contribution in [0.15, 0.2) is 23.8 Å². The lowest BCUT2D eigenvalue weighted by Gasteiger charge is -2.29. The number of ketones is 1. The van der Waals surface area contributed by atoms with E-state index in [-0.39, 0.29) is 11.2 Å². The average Bonchev–Trinajstić information content (AvgIpc) is 2.18. The fraction of sp³-hybridized carbons (Fsp3) is 0.615. The maximum Gasteiger partial charge on any atom is 0.167 e. The summed E-state index contributed by atoms with van der Waals surface area (Å²) in [6.45, 7) is 9.57. The van der Waals surface area contributed by atoms with E-state index in [1.54, 1.807) is 6.92 Å². The SMILES string of the molecule is C=C(C)C(=O)C(C)(C)C1=CCCCC1. The third-order valence-electron chi connectivity index (χ3n) is 3.05. The molecule has 0 bridgehead atoms. The molecular weight excluding hydrogens is 172 g/mol. The van der Waals surface area contributed by atoms with Crippen LogP contribution in [0, 0.1) is 5.41 Å². The lowest BCUT2D eigenvalue weighted by Crippen LogP contribution is -2.28. The predicted octanol–water partition coefficient (Wildman–Crippen LogP) is 3.66. The Labute approximate surface area is 86.9 Å². The van der Waals surface area contributed by atoms with Gasteiger partial charge in [-0.25, -0.2) is 0 Å². The third-order valence-corrected chi connectivity index (χ3v) is 3.05. The smallest absolute Gasteiger partial charge is 0.167 e. The van der Waals surface area contributed by atoms with E-state index in [9.17, 15) is 4.79 Å². The Kier molecular flexibility index (Phi) is 3.30. The molecule has 0 radical (unpaired) electrons. The van der Waals surface area contributed by atoms with Gasteiger partial charge in [0.15, 0.2) is 5.78 Å². The first kappa shape index (κ1) is 11.2. The van der Waals surface area contributed by atoms with Crippen molar-refractivity contribution >= 4 is 5.78 Å². The number of Topliss-reactive ketones (excluding diaryl/α,β-unsaturated/α-hetero) is 1. The van der Waals surface area contributed by atoms with Crippen LogP contribution in [0.1, 0.15) is 46.5 Å². The number of carbonyl (C=O) groups excluding carboxylic acids is 1. The molecule has 1 aliphatic rings. The zero-order valence-corrected chi connectivity index (χ0v) is 9.52. The van der Waals surface area contributed by atoms with Gasteiger partial charge in [0.1, 0.15) is 0 Å². The molecule has 0 heterocycles. The van der Waals surface area contributed by atoms with Crippen molar-refractivity contribution in [2.75, 3.05) is 0 Å². The molecule has 0 aromatic rings. The molecule has 0 fully saturated rings. The Bertz CT molecular complexity index is 282. The fourth-order valence-electron chi connectivity index (χ4n) is 2.09. The first-order valence-electron chi connectivity index (χ1n) is 5.36. The van der Waals surface area contributed by atoms with Crippen molar-refractivity contribution in [1.29, 1.82) is 0 Å². The molecule has 0 aromatic heterocycles. The summed E-state index contributed by atoms with van der Waals surface area (Å²) in [5.41, 5.74) is 1.64. The maximum absolute atomic E-state index is 11.9. The second-order valence-corrected chi connectivity index (χ2v) is 4.71. The summed E-state index contributed by atoms with van der Waals surface area (Å²) in [5, 5.41) is 0. The van der Waals surface area contributed by atoms with Gasteiger partial charge in [-0.2, -0.15) is 0 Å². The molecule has 0 atom stereocenters. The van der Waals surface area contributed by atoms with Crippen LogP contribution in [0.5, 0.6) is 0 Å². The molecule has 1 rings (SSSR count). The monoisotopic (exact) mass is 192 g/mol. The van der Waals surface area contributed by atoms with Crippen LogP contribution >= 0.6 is 0 Å². The number of rotatable bonds is 3. The molecule has 0 saturated carbocycles. The molecule has 0 amide bonds. The summed E-state index contributed by atoms with van der Waals surface area (Å²) in [4.78, 5) is 11.9. The van der Waals surface area contributed by atoms with Crippen molar-refractivity contribution in [2.45, 2.75) is 46.5 Å². The molecule has 78 valence electrons. The van der Waals surface area contributed by atoms with Gasteiger partial charge in [0.2, 0.25) is 0 Å². The average molecular weight is 192 g/mol. The zero-order chi connectivity index (χ0) is 10.8. The highest BCUT2D eigenvalue weighted by molar-refractivity contribution is 6.00. The highest BCUT2D eigenvalue weighted by Gasteiger charge is 2.31. The van der Waals surface area contributed by atoms with E-state index in [1.807, 2.05) is 13.8 Å². The minimum Gasteiger partial charge on any atom is -0.294 e. The number of hydrogen-bond donors (Lipinski definition) is 0. The van der Waals surface area contributed by atoms with E-state index < -0.39 is 0 Å². The Balaban J connectivity index is 2.88. The van der Waals surface area contributed by atoms with Gasteiger partial charge in [-0.15, -0.1) is 0 Å². The third kappa shape index (κ3) is 2.14. The molecular formula is C13H20O. The minimum atomic E-state index is -0.327. The Morgan fingerprint density at radius 1 is 1.43 bits per heavy atom. The molecule has 0 unspecified atom stereocenters. The van der Waals surface area contributed by atoms with Crippen molar-refractivity contribution in [3.63, 3.8) is 0 Å². The van der Waals surface area contributed by atoms with Crippen LogP contribution in [-0.4, -0.2) is 5.78 Å². The Morgan fingerprint density at radius 3 is 2.50 bits per heavy atom. The highest BCUT2D eigenvalue weighted by atomic mass is 16.1. The van der Waals surface area contributed by atoms with Crippen molar-refractivity contribution in [3.05, 3.63) is 23.8 Å². The quantitative estimate of drug-likeness (QED) is 0.492. The molecule has 0 aromatic carbocycles. The number of hydrogen-bond acceptors (Lipinski definition) is 1. The van der Waals surface area contributed by atoms with Crippen molar-refractivity contribution in [1.82, 2.24) is 0 Å². The summed E-state index contributed by atoms with van der Waals surface area (Å²) >= 11 is 0. The van der Waals surface area contributed by atoms with Crippen molar-refractivity contribution in [2.24, 2.45) is 5.41 Å². The van der Waals surface area contributed by atoms with Crippen LogP contribution < -0.4 is 0 Å². The van der Waals surface area contributed by atoms with E-state index >= 15 is 0 Å². The molecule has 0 saturated heterocycles. The molecule has 1 aliphatic carbocycles. The highest BCUT2D eigenvalue weighted by Crippen LogP contribution is 2.35. The molecule has 0 spiro atoms. The predicted molar refractivity (Wildman–Crippen MR) is 60.2 cm³/mol. The first-order chi connectivity index (χ1) is 6.46. The van der Waals surface area contributed by atoms with Gasteiger partial charge >= 0.3 is 0 Å². The lowest BCUT2D eigenvalue weighted by molar-refractivity contribution is -0.121. The number of carbonyl (C=O) groups is 1. The van der Waals surface area contributed by atoms with E-state index in [0.29, 0.717) is 5.57 Å². The minimum absolute atomic E-state index is 0.186. The molecule has 1 heteroatoms. The summed E-state index contributed by atoms with van der Waals surface area (Å²) in [6, 6.07) is 0. The summed E-state index contributed by atoms with van der Waals surface area (Å²) in [7, 11) is 0. The summed E-state index contributed by atoms with van der Waals surface area (Å²) in [6.07, 6.45) is 6.93. The van der Waals surface area contributed by atoms with Crippen LogP contribution in [-0.2, 0) is 4.79 Å². The largest absolute Gasteiger partial charge is 0.294 e. The fourth-order valence-corrected chi connectivity index (χ4v) is 2.09. The standard InChI is InChI=1S/C13H20O/c1-10(2)12(14)13(3,4)11-8-6-5-7-9-11/h8H,1,5-7,9H2,2-4H3. The summed E-state index contributed by atoms with van der Waals surface area (Å²) < 4.78 is 0. The second-order valence-electron chi connectivity index (χ2n) is 4.71. The molecule has 0 aliphatic heterocycles. The zero-order valence-electron chi connectivity index (χ0n) is 9.52. The molecule has 0 N–H and O–H groups in total. The Hall–Kier alpha value is -0.850. The van der Waals surface area contributed by atoms with Crippen LogP contribution in [0.2, 0.25) is 0 Å². The Morgan fingerprint density at radius 2 is 2.07 bits per heavy atom. The van der Waals surface area contributed by atoms with Gasteiger partial charge in [-0.05, 0) is 52.0 Å². The van der Waals surface area contributed by atoms with Crippen LogP contribution in [0.25, 0.3) is 0 Å². The van der Waals surface area contributed by atoms with Gasteiger partial charge in [-0.1, -0.05) is 18.2 Å². The van der Waals surface area contributed by atoms with E-state index in [4.69, 9.17) is 0 Å². The lowest BCUT2D eigenvalue weighted by atomic mass is 9.74. The second kappa shape index (κ2) is 4.12. The van der Waals surface area contributed by atoms with Crippen LogP contribution in [0.3, 0.4) is 0 Å². The van der Waals surface area contributed by atoms with Gasteiger partial charge in [-0.3, -0.25) is 4.79 Å². The molecule has 14 heavy (non-hydrogen) atoms. The van der Waals surface area contributed by atoms with E-state index in [0.717, 1.165) is 12.8 Å². The van der Waals surface area contributed by atoms with E-state index in [1.165, 1.54) is 18.4 Å². The van der Waals surface area contributed by atoms with Crippen LogP contribution in [0.4, 0.5) is 0 Å². The topological polar surface area (TPSA) is 17.1 Å². The summed E-state index contributed by atoms with van der Waals surface area (Å²) in [5.74, 6) is 0.186. The van der Waals surface area contributed by atoms with Gasteiger partial charge in [0.05, 0.1) is 0 Å². The first-order valence-corrected chi connectivity index (χ1v) is 5.36. The van der Waals surface area contributed by atoms with Gasteiger partial charge in [0.25, 0.3) is 0 Å². The van der Waals surface area contributed by atoms with E-state index in [2.05, 4.69) is 12.7 Å². The van der Waals surface area contributed by atoms with Crippen molar-refractivity contribution in [3.8, 4) is 0 Å². The molecule has 1 nitrogen and oxygen atoms in total.